The second-order valence-corrected chi connectivity index (χ2v) is 5.77. The fourth-order valence-electron chi connectivity index (χ4n) is 1.83. The van der Waals surface area contributed by atoms with Crippen molar-refractivity contribution in [1.29, 1.82) is 0 Å². The van der Waals surface area contributed by atoms with Crippen molar-refractivity contribution in [2.24, 2.45) is 0 Å². The molecule has 0 aromatic heterocycles. The average Bonchev–Trinajstić information content (AvgIpc) is 3.20. The first-order valence-electron chi connectivity index (χ1n) is 6.12. The second-order valence-electron chi connectivity index (χ2n) is 4.54. The van der Waals surface area contributed by atoms with E-state index in [9.17, 15) is 4.79 Å². The fraction of sp³-hybridized carbons (Fsp3) is 0.267. The Morgan fingerprint density at radius 2 is 1.94 bits per heavy atom. The SMILES string of the molecule is O=C(OCc1ccc2ccccc2c1)SC1CC1. The topological polar surface area (TPSA) is 26.3 Å². The van der Waals surface area contributed by atoms with Crippen LogP contribution in [0, 0.1) is 0 Å². The maximum atomic E-state index is 11.5. The zero-order chi connectivity index (χ0) is 12.4. The van der Waals surface area contributed by atoms with Crippen LogP contribution in [-0.2, 0) is 11.3 Å². The minimum absolute atomic E-state index is 0.148. The van der Waals surface area contributed by atoms with Crippen LogP contribution in [0.3, 0.4) is 0 Å². The first-order chi connectivity index (χ1) is 8.81. The molecule has 3 rings (SSSR count). The Bertz CT molecular complexity index is 575. The summed E-state index contributed by atoms with van der Waals surface area (Å²) in [5.74, 6) is 0. The highest BCUT2D eigenvalue weighted by Gasteiger charge is 2.26. The van der Waals surface area contributed by atoms with Crippen molar-refractivity contribution in [2.75, 3.05) is 0 Å². The van der Waals surface area contributed by atoms with Gasteiger partial charge in [-0.3, -0.25) is 0 Å². The maximum Gasteiger partial charge on any atom is 0.367 e. The van der Waals surface area contributed by atoms with Crippen molar-refractivity contribution in [2.45, 2.75) is 24.7 Å². The van der Waals surface area contributed by atoms with Crippen LogP contribution >= 0.6 is 11.8 Å². The maximum absolute atomic E-state index is 11.5. The lowest BCUT2D eigenvalue weighted by molar-refractivity contribution is 0.169. The molecule has 2 aromatic carbocycles. The molecule has 0 amide bonds. The van der Waals surface area contributed by atoms with Gasteiger partial charge in [0.25, 0.3) is 0 Å². The number of hydrogen-bond donors (Lipinski definition) is 0. The van der Waals surface area contributed by atoms with E-state index in [0.717, 1.165) is 18.4 Å². The highest BCUT2D eigenvalue weighted by molar-refractivity contribution is 8.14. The number of rotatable bonds is 3. The van der Waals surface area contributed by atoms with Gasteiger partial charge in [0.2, 0.25) is 0 Å². The van der Waals surface area contributed by atoms with E-state index in [1.807, 2.05) is 18.2 Å². The molecule has 1 aliphatic rings. The van der Waals surface area contributed by atoms with Gasteiger partial charge in [0.05, 0.1) is 0 Å². The Labute approximate surface area is 110 Å². The third kappa shape index (κ3) is 2.85. The summed E-state index contributed by atoms with van der Waals surface area (Å²) in [5.41, 5.74) is 1.04. The van der Waals surface area contributed by atoms with Crippen molar-refractivity contribution in [3.63, 3.8) is 0 Å². The fourth-order valence-corrected chi connectivity index (χ4v) is 2.60. The quantitative estimate of drug-likeness (QED) is 0.765. The lowest BCUT2D eigenvalue weighted by atomic mass is 10.1. The Hall–Kier alpha value is -1.48. The largest absolute Gasteiger partial charge is 0.453 e. The number of hydrogen-bond acceptors (Lipinski definition) is 3. The molecule has 1 fully saturated rings. The molecular formula is C15H14O2S. The Morgan fingerprint density at radius 3 is 2.72 bits per heavy atom. The zero-order valence-corrected chi connectivity index (χ0v) is 10.8. The van der Waals surface area contributed by atoms with Gasteiger partial charge >= 0.3 is 5.30 Å². The van der Waals surface area contributed by atoms with E-state index in [0.29, 0.717) is 11.9 Å². The zero-order valence-electron chi connectivity index (χ0n) is 9.96. The molecule has 0 aliphatic heterocycles. The minimum atomic E-state index is -0.148. The van der Waals surface area contributed by atoms with Crippen molar-refractivity contribution in [3.8, 4) is 0 Å². The molecule has 92 valence electrons. The Balaban J connectivity index is 1.64. The van der Waals surface area contributed by atoms with E-state index < -0.39 is 0 Å². The van der Waals surface area contributed by atoms with Gasteiger partial charge < -0.3 is 4.74 Å². The monoisotopic (exact) mass is 258 g/mol. The lowest BCUT2D eigenvalue weighted by Crippen LogP contribution is -1.99. The van der Waals surface area contributed by atoms with Gasteiger partial charge in [0.15, 0.2) is 0 Å². The molecule has 0 spiro atoms. The smallest absolute Gasteiger partial charge is 0.367 e. The van der Waals surface area contributed by atoms with Crippen LogP contribution in [0.25, 0.3) is 10.8 Å². The first kappa shape index (κ1) is 11.6. The summed E-state index contributed by atoms with van der Waals surface area (Å²) in [6.07, 6.45) is 2.30. The van der Waals surface area contributed by atoms with E-state index in [-0.39, 0.29) is 5.30 Å². The molecule has 0 unspecified atom stereocenters. The predicted molar refractivity (Wildman–Crippen MR) is 74.7 cm³/mol. The van der Waals surface area contributed by atoms with Gasteiger partial charge in [-0.05, 0) is 47.0 Å². The molecule has 0 bridgehead atoms. The van der Waals surface area contributed by atoms with Crippen LogP contribution in [0.4, 0.5) is 4.79 Å². The van der Waals surface area contributed by atoms with Gasteiger partial charge in [-0.2, -0.15) is 0 Å². The molecule has 2 aromatic rings. The third-order valence-electron chi connectivity index (χ3n) is 2.96. The van der Waals surface area contributed by atoms with E-state index >= 15 is 0 Å². The Kier molecular flexibility index (Phi) is 3.24. The van der Waals surface area contributed by atoms with Crippen molar-refractivity contribution in [1.82, 2.24) is 0 Å². The standard InChI is InChI=1S/C15H14O2S/c16-15(18-14-7-8-14)17-10-11-5-6-12-3-1-2-4-13(12)9-11/h1-6,9,14H,7-8,10H2. The van der Waals surface area contributed by atoms with Crippen LogP contribution in [-0.4, -0.2) is 10.6 Å². The second kappa shape index (κ2) is 5.02. The summed E-state index contributed by atoms with van der Waals surface area (Å²) in [5, 5.41) is 2.75. The molecule has 1 aliphatic carbocycles. The van der Waals surface area contributed by atoms with Crippen molar-refractivity contribution in [3.05, 3.63) is 48.0 Å². The number of carbonyl (C=O) groups is 1. The average molecular weight is 258 g/mol. The molecule has 3 heteroatoms. The minimum Gasteiger partial charge on any atom is -0.453 e. The number of thioether (sulfide) groups is 1. The summed E-state index contributed by atoms with van der Waals surface area (Å²) in [7, 11) is 0. The summed E-state index contributed by atoms with van der Waals surface area (Å²) in [4.78, 5) is 11.5. The summed E-state index contributed by atoms with van der Waals surface area (Å²) >= 11 is 1.33. The van der Waals surface area contributed by atoms with Crippen LogP contribution in [0.15, 0.2) is 42.5 Å². The van der Waals surface area contributed by atoms with E-state index in [1.165, 1.54) is 22.5 Å². The van der Waals surface area contributed by atoms with Gasteiger partial charge in [-0.25, -0.2) is 4.79 Å². The van der Waals surface area contributed by atoms with Crippen molar-refractivity contribution >= 4 is 27.8 Å². The molecular weight excluding hydrogens is 244 g/mol. The lowest BCUT2D eigenvalue weighted by Gasteiger charge is -2.05. The number of fused-ring (bicyclic) bond motifs is 1. The molecule has 0 radical (unpaired) electrons. The first-order valence-corrected chi connectivity index (χ1v) is 7.00. The molecule has 0 heterocycles. The van der Waals surface area contributed by atoms with Crippen molar-refractivity contribution < 1.29 is 9.53 Å². The molecule has 0 N–H and O–H groups in total. The summed E-state index contributed by atoms with van der Waals surface area (Å²) in [6.45, 7) is 0.364. The normalized spacial score (nSPS) is 14.7. The van der Waals surface area contributed by atoms with Crippen LogP contribution in [0.2, 0.25) is 0 Å². The number of carbonyl (C=O) groups excluding carboxylic acids is 1. The summed E-state index contributed by atoms with van der Waals surface area (Å²) < 4.78 is 5.25. The van der Waals surface area contributed by atoms with Gasteiger partial charge in [-0.1, -0.05) is 36.4 Å². The van der Waals surface area contributed by atoms with E-state index in [2.05, 4.69) is 24.3 Å². The van der Waals surface area contributed by atoms with Crippen LogP contribution in [0.5, 0.6) is 0 Å². The third-order valence-corrected chi connectivity index (χ3v) is 4.07. The highest BCUT2D eigenvalue weighted by atomic mass is 32.2. The van der Waals surface area contributed by atoms with Crippen LogP contribution in [0.1, 0.15) is 18.4 Å². The van der Waals surface area contributed by atoms with E-state index in [1.54, 1.807) is 0 Å². The number of benzene rings is 2. The van der Waals surface area contributed by atoms with Gasteiger partial charge in [0.1, 0.15) is 6.61 Å². The molecule has 2 nitrogen and oxygen atoms in total. The highest BCUT2D eigenvalue weighted by Crippen LogP contribution is 2.35. The predicted octanol–water partition coefficient (Wildman–Crippen LogP) is 4.37. The molecule has 0 atom stereocenters. The summed E-state index contributed by atoms with van der Waals surface area (Å²) in [6, 6.07) is 14.3. The van der Waals surface area contributed by atoms with Crippen LogP contribution < -0.4 is 0 Å². The number of ether oxygens (including phenoxy) is 1. The molecule has 18 heavy (non-hydrogen) atoms. The molecule has 1 saturated carbocycles. The van der Waals surface area contributed by atoms with Gasteiger partial charge in [-0.15, -0.1) is 0 Å². The van der Waals surface area contributed by atoms with Gasteiger partial charge in [0, 0.05) is 5.25 Å². The Morgan fingerprint density at radius 1 is 1.17 bits per heavy atom. The van der Waals surface area contributed by atoms with E-state index in [4.69, 9.17) is 4.74 Å². The molecule has 0 saturated heterocycles.